The quantitative estimate of drug-likeness (QED) is 0.370. The van der Waals surface area contributed by atoms with Crippen LogP contribution in [0.4, 0.5) is 36.4 Å². The van der Waals surface area contributed by atoms with Crippen LogP contribution < -0.4 is 5.43 Å². The number of hydrazone groups is 1. The second-order valence-electron chi connectivity index (χ2n) is 3.89. The fourth-order valence-corrected chi connectivity index (χ4v) is 2.09. The van der Waals surface area contributed by atoms with Gasteiger partial charge in [-0.15, -0.1) is 11.3 Å². The summed E-state index contributed by atoms with van der Waals surface area (Å²) in [6.07, 6.45) is -4.49. The molecule has 1 aromatic carbocycles. The molecule has 0 atom stereocenters. The molecule has 2 rings (SSSR count). The van der Waals surface area contributed by atoms with Gasteiger partial charge in [0.05, 0.1) is 6.21 Å². The molecule has 0 aliphatic carbocycles. The molecule has 2 aromatic rings. The van der Waals surface area contributed by atoms with Crippen molar-refractivity contribution >= 4 is 23.2 Å². The van der Waals surface area contributed by atoms with Crippen LogP contribution in [-0.2, 0) is 6.18 Å². The second kappa shape index (κ2) is 5.95. The van der Waals surface area contributed by atoms with Crippen LogP contribution in [0.2, 0.25) is 0 Å². The van der Waals surface area contributed by atoms with Crippen molar-refractivity contribution in [1.82, 2.24) is 0 Å². The number of thiophene rings is 1. The van der Waals surface area contributed by atoms with Gasteiger partial charge in [0.2, 0.25) is 0 Å². The minimum atomic E-state index is -5.57. The van der Waals surface area contributed by atoms with E-state index in [9.17, 15) is 30.7 Å². The normalized spacial score (nSPS) is 12.1. The van der Waals surface area contributed by atoms with E-state index in [1.54, 1.807) is 22.9 Å². The average molecular weight is 342 g/mol. The van der Waals surface area contributed by atoms with Gasteiger partial charge in [-0.2, -0.15) is 18.3 Å². The van der Waals surface area contributed by atoms with Crippen molar-refractivity contribution in [2.24, 2.45) is 5.10 Å². The number of halogens is 7. The molecule has 1 N–H and O–H groups in total. The first-order chi connectivity index (χ1) is 10.2. The van der Waals surface area contributed by atoms with Crippen LogP contribution >= 0.6 is 11.3 Å². The molecule has 10 heteroatoms. The summed E-state index contributed by atoms with van der Waals surface area (Å²) in [6.45, 7) is 0. The zero-order chi connectivity index (χ0) is 16.5. The Morgan fingerprint density at radius 1 is 1.00 bits per heavy atom. The first-order valence-electron chi connectivity index (χ1n) is 5.49. The third kappa shape index (κ3) is 3.06. The Bertz CT molecular complexity index is 678. The summed E-state index contributed by atoms with van der Waals surface area (Å²) >= 11 is 1.20. The van der Waals surface area contributed by atoms with Gasteiger partial charge in [-0.3, -0.25) is 5.43 Å². The van der Waals surface area contributed by atoms with E-state index in [4.69, 9.17) is 0 Å². The lowest BCUT2D eigenvalue weighted by Gasteiger charge is -2.13. The third-order valence-corrected chi connectivity index (χ3v) is 3.27. The highest BCUT2D eigenvalue weighted by molar-refractivity contribution is 7.11. The molecule has 0 aliphatic heterocycles. The number of hydrogen-bond acceptors (Lipinski definition) is 3. The number of nitrogens with zero attached hydrogens (tertiary/aromatic N) is 1. The number of benzene rings is 1. The first-order valence-corrected chi connectivity index (χ1v) is 6.37. The van der Waals surface area contributed by atoms with Gasteiger partial charge in [0.15, 0.2) is 23.3 Å². The predicted molar refractivity (Wildman–Crippen MR) is 66.8 cm³/mol. The lowest BCUT2D eigenvalue weighted by Crippen LogP contribution is -2.16. The lowest BCUT2D eigenvalue weighted by molar-refractivity contribution is -0.143. The van der Waals surface area contributed by atoms with Crippen molar-refractivity contribution in [3.8, 4) is 0 Å². The van der Waals surface area contributed by atoms with E-state index in [1.165, 1.54) is 11.3 Å². The third-order valence-electron chi connectivity index (χ3n) is 2.46. The van der Waals surface area contributed by atoms with Crippen molar-refractivity contribution < 1.29 is 30.7 Å². The number of hydrogen-bond donors (Lipinski definition) is 1. The minimum Gasteiger partial charge on any atom is -0.272 e. The number of alkyl halides is 3. The number of anilines is 1. The molecular weight excluding hydrogens is 337 g/mol. The van der Waals surface area contributed by atoms with E-state index in [-0.39, 0.29) is 0 Å². The second-order valence-corrected chi connectivity index (χ2v) is 4.87. The topological polar surface area (TPSA) is 24.4 Å². The van der Waals surface area contributed by atoms with Crippen molar-refractivity contribution in [3.63, 3.8) is 0 Å². The molecule has 0 saturated carbocycles. The Morgan fingerprint density at radius 2 is 1.59 bits per heavy atom. The van der Waals surface area contributed by atoms with Gasteiger partial charge in [0, 0.05) is 4.88 Å². The largest absolute Gasteiger partial charge is 0.422 e. The van der Waals surface area contributed by atoms with E-state index in [1.807, 2.05) is 0 Å². The van der Waals surface area contributed by atoms with E-state index < -0.39 is 40.7 Å². The Kier molecular flexibility index (Phi) is 4.40. The van der Waals surface area contributed by atoms with Crippen LogP contribution in [-0.4, -0.2) is 6.21 Å². The average Bonchev–Trinajstić information content (AvgIpc) is 2.92. The fraction of sp³-hybridized carbons (Fsp3) is 0.0833. The first kappa shape index (κ1) is 16.3. The van der Waals surface area contributed by atoms with Crippen LogP contribution in [0.25, 0.3) is 0 Å². The lowest BCUT2D eigenvalue weighted by atomic mass is 10.1. The molecule has 118 valence electrons. The van der Waals surface area contributed by atoms with Crippen LogP contribution in [0.5, 0.6) is 0 Å². The van der Waals surface area contributed by atoms with Gasteiger partial charge in [-0.25, -0.2) is 17.6 Å². The molecule has 0 fully saturated rings. The number of rotatable bonds is 3. The molecule has 0 bridgehead atoms. The molecular formula is C12H5F7N2S. The molecule has 1 aromatic heterocycles. The molecule has 22 heavy (non-hydrogen) atoms. The van der Waals surface area contributed by atoms with Crippen LogP contribution in [0.15, 0.2) is 22.6 Å². The van der Waals surface area contributed by atoms with Crippen molar-refractivity contribution in [3.05, 3.63) is 51.2 Å². The van der Waals surface area contributed by atoms with Gasteiger partial charge in [-0.1, -0.05) is 6.07 Å². The summed E-state index contributed by atoms with van der Waals surface area (Å²) in [6, 6.07) is 3.22. The summed E-state index contributed by atoms with van der Waals surface area (Å²) in [5.41, 5.74) is -2.42. The molecule has 0 spiro atoms. The van der Waals surface area contributed by atoms with Crippen LogP contribution in [0.1, 0.15) is 10.4 Å². The highest BCUT2D eigenvalue weighted by Crippen LogP contribution is 2.38. The van der Waals surface area contributed by atoms with Crippen molar-refractivity contribution in [2.45, 2.75) is 6.18 Å². The smallest absolute Gasteiger partial charge is 0.272 e. The Hall–Kier alpha value is -2.10. The van der Waals surface area contributed by atoms with Crippen LogP contribution in [0, 0.1) is 23.3 Å². The maximum atomic E-state index is 13.5. The van der Waals surface area contributed by atoms with Crippen molar-refractivity contribution in [1.29, 1.82) is 0 Å². The monoisotopic (exact) mass is 342 g/mol. The predicted octanol–water partition coefficient (Wildman–Crippen LogP) is 4.77. The van der Waals surface area contributed by atoms with Crippen LogP contribution in [0.3, 0.4) is 0 Å². The van der Waals surface area contributed by atoms with E-state index in [2.05, 4.69) is 5.10 Å². The molecule has 0 amide bonds. The van der Waals surface area contributed by atoms with E-state index in [0.717, 1.165) is 6.21 Å². The summed E-state index contributed by atoms with van der Waals surface area (Å²) < 4.78 is 90.7. The highest BCUT2D eigenvalue weighted by Gasteiger charge is 2.42. The highest BCUT2D eigenvalue weighted by atomic mass is 32.1. The van der Waals surface area contributed by atoms with E-state index >= 15 is 0 Å². The fourth-order valence-electron chi connectivity index (χ4n) is 1.50. The molecule has 1 heterocycles. The Balaban J connectivity index is 2.41. The summed E-state index contributed by atoms with van der Waals surface area (Å²) in [5, 5.41) is 4.99. The SMILES string of the molecule is Fc1c(F)c(C(F)(F)F)c(F)c(F)c1NN=Cc1cccs1. The van der Waals surface area contributed by atoms with Gasteiger partial charge >= 0.3 is 6.18 Å². The minimum absolute atomic E-state index is 0.543. The molecule has 0 radical (unpaired) electrons. The van der Waals surface area contributed by atoms with E-state index in [0.29, 0.717) is 4.88 Å². The number of nitrogens with one attached hydrogen (secondary N) is 1. The van der Waals surface area contributed by atoms with Gasteiger partial charge in [-0.05, 0) is 11.4 Å². The zero-order valence-corrected chi connectivity index (χ0v) is 11.1. The molecule has 2 nitrogen and oxygen atoms in total. The summed E-state index contributed by atoms with van der Waals surface area (Å²) in [7, 11) is 0. The summed E-state index contributed by atoms with van der Waals surface area (Å²) in [4.78, 5) is 0.543. The summed E-state index contributed by atoms with van der Waals surface area (Å²) in [5.74, 6) is -9.51. The maximum Gasteiger partial charge on any atom is 0.422 e. The maximum absolute atomic E-state index is 13.5. The Morgan fingerprint density at radius 3 is 2.05 bits per heavy atom. The van der Waals surface area contributed by atoms with Gasteiger partial charge in [0.1, 0.15) is 11.3 Å². The Labute approximate surface area is 122 Å². The molecule has 0 unspecified atom stereocenters. The zero-order valence-electron chi connectivity index (χ0n) is 10.3. The molecule has 0 aliphatic rings. The van der Waals surface area contributed by atoms with Gasteiger partial charge < -0.3 is 0 Å². The molecule has 0 saturated heterocycles. The van der Waals surface area contributed by atoms with Gasteiger partial charge in [0.25, 0.3) is 0 Å². The standard InChI is InChI=1S/C12H5F7N2S/c13-7-6(12(17,18)19)8(14)10(16)11(9(7)15)21-20-4-5-2-1-3-22-5/h1-4,21H. The van der Waals surface area contributed by atoms with Crippen molar-refractivity contribution in [2.75, 3.05) is 5.43 Å².